The summed E-state index contributed by atoms with van der Waals surface area (Å²) in [6, 6.07) is 5.25. The van der Waals surface area contributed by atoms with E-state index in [1.165, 1.54) is 25.5 Å². The van der Waals surface area contributed by atoms with Crippen LogP contribution in [-0.4, -0.2) is 47.3 Å². The largest absolute Gasteiger partial charge is 0.489 e. The van der Waals surface area contributed by atoms with Gasteiger partial charge in [0, 0.05) is 6.54 Å². The number of likely N-dealkylation sites (tertiary alicyclic amines) is 1. The molecule has 102 valence electrons. The highest BCUT2D eigenvalue weighted by molar-refractivity contribution is 5.26. The normalized spacial score (nSPS) is 17.7. The van der Waals surface area contributed by atoms with Crippen LogP contribution in [0.15, 0.2) is 18.3 Å². The first-order valence-corrected chi connectivity index (χ1v) is 6.67. The second-order valence-electron chi connectivity index (χ2n) is 4.82. The van der Waals surface area contributed by atoms with Crippen molar-refractivity contribution in [3.63, 3.8) is 0 Å². The first-order chi connectivity index (χ1) is 9.28. The van der Waals surface area contributed by atoms with Crippen LogP contribution in [0.3, 0.4) is 0 Å². The summed E-state index contributed by atoms with van der Waals surface area (Å²) in [5.74, 6) is 0.580. The lowest BCUT2D eigenvalue weighted by Gasteiger charge is -2.28. The number of aliphatic hydroxyl groups excluding tert-OH is 1. The van der Waals surface area contributed by atoms with Crippen molar-refractivity contribution >= 4 is 0 Å². The molecule has 5 nitrogen and oxygen atoms in total. The van der Waals surface area contributed by atoms with Gasteiger partial charge in [0.15, 0.2) is 0 Å². The second kappa shape index (κ2) is 7.07. The molecule has 0 radical (unpaired) electrons. The Morgan fingerprint density at radius 3 is 2.79 bits per heavy atom. The fourth-order valence-electron chi connectivity index (χ4n) is 2.22. The molecule has 1 aliphatic heterocycles. The summed E-state index contributed by atoms with van der Waals surface area (Å²) in [7, 11) is 0. The molecular weight excluding hydrogens is 242 g/mol. The summed E-state index contributed by atoms with van der Waals surface area (Å²) in [6.45, 7) is 3.04. The van der Waals surface area contributed by atoms with Gasteiger partial charge >= 0.3 is 0 Å². The Labute approximate surface area is 113 Å². The summed E-state index contributed by atoms with van der Waals surface area (Å²) < 4.78 is 5.46. The van der Waals surface area contributed by atoms with Crippen LogP contribution in [0.4, 0.5) is 0 Å². The van der Waals surface area contributed by atoms with Crippen molar-refractivity contribution in [2.24, 2.45) is 0 Å². The SMILES string of the molecule is N#Cc1ccc(OCC(O)CN2CCCCC2)cn1. The fourth-order valence-corrected chi connectivity index (χ4v) is 2.22. The third-order valence-electron chi connectivity index (χ3n) is 3.21. The average molecular weight is 261 g/mol. The van der Waals surface area contributed by atoms with Crippen molar-refractivity contribution in [1.82, 2.24) is 9.88 Å². The molecule has 2 rings (SSSR count). The highest BCUT2D eigenvalue weighted by Crippen LogP contribution is 2.11. The lowest BCUT2D eigenvalue weighted by atomic mass is 10.1. The quantitative estimate of drug-likeness (QED) is 0.862. The van der Waals surface area contributed by atoms with E-state index in [9.17, 15) is 5.11 Å². The highest BCUT2D eigenvalue weighted by atomic mass is 16.5. The fraction of sp³-hybridized carbons (Fsp3) is 0.571. The first kappa shape index (κ1) is 13.8. The minimum Gasteiger partial charge on any atom is -0.489 e. The Morgan fingerprint density at radius 1 is 1.37 bits per heavy atom. The van der Waals surface area contributed by atoms with Crippen LogP contribution in [0.2, 0.25) is 0 Å². The van der Waals surface area contributed by atoms with E-state index < -0.39 is 6.10 Å². The van der Waals surface area contributed by atoms with E-state index in [-0.39, 0.29) is 6.61 Å². The molecule has 1 unspecified atom stereocenters. The third kappa shape index (κ3) is 4.51. The predicted molar refractivity (Wildman–Crippen MR) is 70.7 cm³/mol. The number of nitrogens with zero attached hydrogens (tertiary/aromatic N) is 3. The maximum atomic E-state index is 9.92. The summed E-state index contributed by atoms with van der Waals surface area (Å²) >= 11 is 0. The smallest absolute Gasteiger partial charge is 0.140 e. The van der Waals surface area contributed by atoms with Gasteiger partial charge in [-0.25, -0.2) is 4.98 Å². The van der Waals surface area contributed by atoms with E-state index in [1.54, 1.807) is 12.1 Å². The van der Waals surface area contributed by atoms with E-state index in [0.717, 1.165) is 13.1 Å². The number of rotatable bonds is 5. The van der Waals surface area contributed by atoms with Gasteiger partial charge in [0.2, 0.25) is 0 Å². The van der Waals surface area contributed by atoms with Crippen molar-refractivity contribution in [2.45, 2.75) is 25.4 Å². The van der Waals surface area contributed by atoms with Gasteiger partial charge in [0.25, 0.3) is 0 Å². The number of aromatic nitrogens is 1. The summed E-state index contributed by atoms with van der Waals surface area (Å²) in [5, 5.41) is 18.6. The van der Waals surface area contributed by atoms with Gasteiger partial charge < -0.3 is 14.7 Å². The highest BCUT2D eigenvalue weighted by Gasteiger charge is 2.14. The second-order valence-corrected chi connectivity index (χ2v) is 4.82. The van der Waals surface area contributed by atoms with Crippen LogP contribution in [0.25, 0.3) is 0 Å². The molecule has 1 atom stereocenters. The van der Waals surface area contributed by atoms with Gasteiger partial charge in [0.1, 0.15) is 30.2 Å². The van der Waals surface area contributed by atoms with Gasteiger partial charge in [-0.2, -0.15) is 5.26 Å². The number of β-amino-alcohol motifs (C(OH)–C–C–N with tert-alkyl or cyclic N) is 1. The molecule has 1 saturated heterocycles. The molecule has 5 heteroatoms. The van der Waals surface area contributed by atoms with Crippen LogP contribution in [0.1, 0.15) is 25.0 Å². The third-order valence-corrected chi connectivity index (χ3v) is 3.21. The zero-order chi connectivity index (χ0) is 13.5. The van der Waals surface area contributed by atoms with Crippen molar-refractivity contribution in [2.75, 3.05) is 26.2 Å². The van der Waals surface area contributed by atoms with Crippen LogP contribution in [0, 0.1) is 11.3 Å². The van der Waals surface area contributed by atoms with Gasteiger partial charge in [0.05, 0.1) is 6.20 Å². The van der Waals surface area contributed by atoms with Crippen molar-refractivity contribution in [1.29, 1.82) is 5.26 Å². The molecule has 1 aromatic rings. The molecule has 19 heavy (non-hydrogen) atoms. The van der Waals surface area contributed by atoms with Gasteiger partial charge in [-0.3, -0.25) is 0 Å². The van der Waals surface area contributed by atoms with Crippen LogP contribution < -0.4 is 4.74 Å². The molecule has 1 fully saturated rings. The van der Waals surface area contributed by atoms with E-state index in [0.29, 0.717) is 18.0 Å². The lowest BCUT2D eigenvalue weighted by molar-refractivity contribution is 0.0616. The van der Waals surface area contributed by atoms with Crippen LogP contribution >= 0.6 is 0 Å². The summed E-state index contributed by atoms with van der Waals surface area (Å²) in [4.78, 5) is 6.19. The minimum absolute atomic E-state index is 0.254. The van der Waals surface area contributed by atoms with E-state index in [2.05, 4.69) is 9.88 Å². The number of aliphatic hydroxyl groups is 1. The van der Waals surface area contributed by atoms with Crippen molar-refractivity contribution < 1.29 is 9.84 Å². The topological polar surface area (TPSA) is 69.4 Å². The number of hydrogen-bond donors (Lipinski definition) is 1. The zero-order valence-corrected chi connectivity index (χ0v) is 11.0. The van der Waals surface area contributed by atoms with E-state index >= 15 is 0 Å². The Morgan fingerprint density at radius 2 is 2.16 bits per heavy atom. The predicted octanol–water partition coefficient (Wildman–Crippen LogP) is 1.18. The zero-order valence-electron chi connectivity index (χ0n) is 11.0. The first-order valence-electron chi connectivity index (χ1n) is 6.67. The minimum atomic E-state index is -0.492. The molecule has 0 saturated carbocycles. The number of pyridine rings is 1. The molecule has 0 aromatic carbocycles. The maximum absolute atomic E-state index is 9.92. The van der Waals surface area contributed by atoms with Crippen LogP contribution in [-0.2, 0) is 0 Å². The number of piperidine rings is 1. The summed E-state index contributed by atoms with van der Waals surface area (Å²) in [6.07, 6.45) is 4.74. The molecule has 0 spiro atoms. The molecular formula is C14H19N3O2. The van der Waals surface area contributed by atoms with Gasteiger partial charge in [-0.1, -0.05) is 6.42 Å². The van der Waals surface area contributed by atoms with Crippen LogP contribution in [0.5, 0.6) is 5.75 Å². The number of ether oxygens (including phenoxy) is 1. The van der Waals surface area contributed by atoms with Gasteiger partial charge in [-0.05, 0) is 38.1 Å². The Hall–Kier alpha value is -1.64. The standard InChI is InChI=1S/C14H19N3O2/c15-8-12-4-5-14(9-16-12)19-11-13(18)10-17-6-2-1-3-7-17/h4-5,9,13,18H,1-3,6-7,10-11H2. The van der Waals surface area contributed by atoms with E-state index in [4.69, 9.17) is 10.00 Å². The molecule has 1 aliphatic rings. The molecule has 0 bridgehead atoms. The maximum Gasteiger partial charge on any atom is 0.140 e. The molecule has 1 N–H and O–H groups in total. The monoisotopic (exact) mass is 261 g/mol. The molecule has 1 aromatic heterocycles. The van der Waals surface area contributed by atoms with Crippen molar-refractivity contribution in [3.8, 4) is 11.8 Å². The number of hydrogen-bond acceptors (Lipinski definition) is 5. The average Bonchev–Trinajstić information content (AvgIpc) is 2.47. The van der Waals surface area contributed by atoms with E-state index in [1.807, 2.05) is 6.07 Å². The molecule has 0 amide bonds. The lowest BCUT2D eigenvalue weighted by Crippen LogP contribution is -2.38. The van der Waals surface area contributed by atoms with Gasteiger partial charge in [-0.15, -0.1) is 0 Å². The Balaban J connectivity index is 1.73. The molecule has 2 heterocycles. The summed E-state index contributed by atoms with van der Waals surface area (Å²) in [5.41, 5.74) is 0.362. The molecule has 0 aliphatic carbocycles. The Bertz CT molecular complexity index is 421. The Kier molecular flexibility index (Phi) is 5.13. The number of nitriles is 1. The van der Waals surface area contributed by atoms with Crippen molar-refractivity contribution in [3.05, 3.63) is 24.0 Å².